The molecule has 1 heterocycles. The van der Waals surface area contributed by atoms with Gasteiger partial charge >= 0.3 is 0 Å². The van der Waals surface area contributed by atoms with Crippen molar-refractivity contribution in [2.24, 2.45) is 0 Å². The van der Waals surface area contributed by atoms with Crippen molar-refractivity contribution in [1.82, 2.24) is 4.90 Å². The Balaban J connectivity index is 1.49. The molecular formula is C24H25N3O4S. The van der Waals surface area contributed by atoms with Gasteiger partial charge in [0.25, 0.3) is 10.0 Å². The standard InChI is InChI=1S/C24H25N3O4S/c1-15-11-16(2)24(17(3)12-15)25-21(28)13-26(4)22(29)14-27-19-9-5-7-18-8-6-10-20(23(18)19)32(27,30)31/h5-12H,13-14H2,1-4H3,(H,25,28). The number of hydrogen-bond donors (Lipinski definition) is 1. The summed E-state index contributed by atoms with van der Waals surface area (Å²) in [6.07, 6.45) is 0. The number of carbonyl (C=O) groups excluding carboxylic acids is 2. The van der Waals surface area contributed by atoms with Crippen LogP contribution in [0.4, 0.5) is 11.4 Å². The third-order valence-electron chi connectivity index (χ3n) is 5.71. The third-order valence-corrected chi connectivity index (χ3v) is 7.51. The van der Waals surface area contributed by atoms with Crippen LogP contribution in [0.2, 0.25) is 0 Å². The number of rotatable bonds is 5. The van der Waals surface area contributed by atoms with E-state index in [1.807, 2.05) is 45.0 Å². The maximum atomic E-state index is 13.1. The number of likely N-dealkylation sites (N-methyl/N-ethyl adjacent to an activating group) is 1. The summed E-state index contributed by atoms with van der Waals surface area (Å²) in [5.41, 5.74) is 4.20. The maximum absolute atomic E-state index is 13.1. The minimum atomic E-state index is -3.83. The maximum Gasteiger partial charge on any atom is 0.265 e. The number of nitrogens with zero attached hydrogens (tertiary/aromatic N) is 2. The molecule has 0 atom stereocenters. The van der Waals surface area contributed by atoms with Crippen LogP contribution in [0.1, 0.15) is 16.7 Å². The predicted molar refractivity (Wildman–Crippen MR) is 125 cm³/mol. The van der Waals surface area contributed by atoms with Crippen molar-refractivity contribution in [3.05, 3.63) is 65.2 Å². The van der Waals surface area contributed by atoms with Crippen LogP contribution in [0.15, 0.2) is 53.4 Å². The van der Waals surface area contributed by atoms with E-state index in [4.69, 9.17) is 0 Å². The van der Waals surface area contributed by atoms with Gasteiger partial charge in [0.15, 0.2) is 0 Å². The molecule has 0 spiro atoms. The molecule has 0 bridgehead atoms. The molecule has 0 unspecified atom stereocenters. The number of sulfonamides is 1. The van der Waals surface area contributed by atoms with Crippen LogP contribution >= 0.6 is 0 Å². The van der Waals surface area contributed by atoms with Gasteiger partial charge in [0.1, 0.15) is 6.54 Å². The summed E-state index contributed by atoms with van der Waals surface area (Å²) in [4.78, 5) is 26.9. The number of carbonyl (C=O) groups is 2. The van der Waals surface area contributed by atoms with Gasteiger partial charge in [-0.1, -0.05) is 42.0 Å². The van der Waals surface area contributed by atoms with Crippen LogP contribution in [0, 0.1) is 20.8 Å². The molecule has 4 rings (SSSR count). The van der Waals surface area contributed by atoms with Crippen LogP contribution < -0.4 is 9.62 Å². The van der Waals surface area contributed by atoms with Gasteiger partial charge in [-0.25, -0.2) is 8.42 Å². The summed E-state index contributed by atoms with van der Waals surface area (Å²) in [6.45, 7) is 5.27. The summed E-state index contributed by atoms with van der Waals surface area (Å²) in [6, 6.07) is 14.3. The van der Waals surface area contributed by atoms with E-state index < -0.39 is 15.9 Å². The van der Waals surface area contributed by atoms with E-state index in [9.17, 15) is 18.0 Å². The van der Waals surface area contributed by atoms with Crippen molar-refractivity contribution >= 4 is 44.0 Å². The average Bonchev–Trinajstić information content (AvgIpc) is 2.94. The van der Waals surface area contributed by atoms with Crippen molar-refractivity contribution in [1.29, 1.82) is 0 Å². The highest BCUT2D eigenvalue weighted by atomic mass is 32.2. The third kappa shape index (κ3) is 3.71. The molecule has 0 aliphatic carbocycles. The lowest BCUT2D eigenvalue weighted by Crippen LogP contribution is -2.42. The molecule has 3 aromatic rings. The number of aryl methyl sites for hydroxylation is 3. The second-order valence-corrected chi connectivity index (χ2v) is 10.0. The molecule has 8 heteroatoms. The van der Waals surface area contributed by atoms with E-state index in [1.54, 1.807) is 24.3 Å². The number of benzene rings is 3. The summed E-state index contributed by atoms with van der Waals surface area (Å²) < 4.78 is 27.3. The molecule has 0 radical (unpaired) electrons. The Kier molecular flexibility index (Phi) is 5.42. The molecule has 1 aliphatic heterocycles. The first-order chi connectivity index (χ1) is 15.1. The second kappa shape index (κ2) is 7.94. The molecule has 1 N–H and O–H groups in total. The van der Waals surface area contributed by atoms with E-state index >= 15 is 0 Å². The molecule has 3 aromatic carbocycles. The van der Waals surface area contributed by atoms with E-state index in [-0.39, 0.29) is 23.9 Å². The lowest BCUT2D eigenvalue weighted by atomic mass is 10.1. The molecule has 166 valence electrons. The lowest BCUT2D eigenvalue weighted by Gasteiger charge is -2.23. The largest absolute Gasteiger partial charge is 0.335 e. The number of anilines is 2. The Morgan fingerprint density at radius 2 is 1.62 bits per heavy atom. The predicted octanol–water partition coefficient (Wildman–Crippen LogP) is 3.37. The van der Waals surface area contributed by atoms with Gasteiger partial charge in [0.2, 0.25) is 11.8 Å². The summed E-state index contributed by atoms with van der Waals surface area (Å²) in [5, 5.41) is 4.29. The van der Waals surface area contributed by atoms with E-state index in [0.29, 0.717) is 11.1 Å². The Labute approximate surface area is 187 Å². The Hall–Kier alpha value is -3.39. The van der Waals surface area contributed by atoms with Crippen LogP contribution in [-0.4, -0.2) is 45.3 Å². The summed E-state index contributed by atoms with van der Waals surface area (Å²) in [7, 11) is -2.34. The van der Waals surface area contributed by atoms with Crippen molar-refractivity contribution in [3.63, 3.8) is 0 Å². The van der Waals surface area contributed by atoms with Gasteiger partial charge in [0.05, 0.1) is 17.1 Å². The van der Waals surface area contributed by atoms with Gasteiger partial charge in [-0.15, -0.1) is 0 Å². The molecule has 0 saturated heterocycles. The number of hydrogen-bond acceptors (Lipinski definition) is 4. The fourth-order valence-corrected chi connectivity index (χ4v) is 5.89. The summed E-state index contributed by atoms with van der Waals surface area (Å²) in [5.74, 6) is -0.809. The zero-order valence-corrected chi connectivity index (χ0v) is 19.3. The van der Waals surface area contributed by atoms with Crippen molar-refractivity contribution in [2.45, 2.75) is 25.7 Å². The number of amides is 2. The molecule has 32 heavy (non-hydrogen) atoms. The number of nitrogens with one attached hydrogen (secondary N) is 1. The van der Waals surface area contributed by atoms with Gasteiger partial charge in [-0.05, 0) is 49.4 Å². The minimum absolute atomic E-state index is 0.184. The van der Waals surface area contributed by atoms with Gasteiger partial charge in [-0.2, -0.15) is 0 Å². The van der Waals surface area contributed by atoms with E-state index in [1.165, 1.54) is 11.9 Å². The molecule has 7 nitrogen and oxygen atoms in total. The topological polar surface area (TPSA) is 86.8 Å². The Morgan fingerprint density at radius 3 is 2.28 bits per heavy atom. The van der Waals surface area contributed by atoms with Crippen molar-refractivity contribution in [2.75, 3.05) is 29.8 Å². The van der Waals surface area contributed by atoms with Crippen LogP contribution in [0.5, 0.6) is 0 Å². The minimum Gasteiger partial charge on any atom is -0.335 e. The Morgan fingerprint density at radius 1 is 1.00 bits per heavy atom. The highest BCUT2D eigenvalue weighted by Gasteiger charge is 2.37. The normalized spacial score (nSPS) is 13.9. The zero-order valence-electron chi connectivity index (χ0n) is 18.5. The monoisotopic (exact) mass is 451 g/mol. The van der Waals surface area contributed by atoms with Crippen molar-refractivity contribution in [3.8, 4) is 0 Å². The molecular weight excluding hydrogens is 426 g/mol. The van der Waals surface area contributed by atoms with Gasteiger partial charge < -0.3 is 10.2 Å². The first kappa shape index (κ1) is 21.8. The fourth-order valence-electron chi connectivity index (χ4n) is 4.23. The molecule has 1 aliphatic rings. The van der Waals surface area contributed by atoms with Crippen LogP contribution in [0.25, 0.3) is 10.8 Å². The van der Waals surface area contributed by atoms with Gasteiger partial charge in [0, 0.05) is 18.1 Å². The lowest BCUT2D eigenvalue weighted by molar-refractivity contribution is -0.131. The van der Waals surface area contributed by atoms with Crippen LogP contribution in [-0.2, 0) is 19.6 Å². The highest BCUT2D eigenvalue weighted by Crippen LogP contribution is 2.41. The van der Waals surface area contributed by atoms with Crippen LogP contribution in [0.3, 0.4) is 0 Å². The molecule has 0 fully saturated rings. The quantitative estimate of drug-likeness (QED) is 0.644. The Bertz CT molecular complexity index is 1340. The van der Waals surface area contributed by atoms with Crippen molar-refractivity contribution < 1.29 is 18.0 Å². The van der Waals surface area contributed by atoms with Gasteiger partial charge in [-0.3, -0.25) is 13.9 Å². The molecule has 0 saturated carbocycles. The molecule has 0 aromatic heterocycles. The second-order valence-electron chi connectivity index (χ2n) is 8.21. The zero-order chi connectivity index (χ0) is 23.2. The smallest absolute Gasteiger partial charge is 0.265 e. The highest BCUT2D eigenvalue weighted by molar-refractivity contribution is 7.93. The average molecular weight is 452 g/mol. The summed E-state index contributed by atoms with van der Waals surface area (Å²) >= 11 is 0. The first-order valence-corrected chi connectivity index (χ1v) is 11.7. The van der Waals surface area contributed by atoms with E-state index in [0.717, 1.165) is 32.1 Å². The fraction of sp³-hybridized carbons (Fsp3) is 0.250. The molecule has 2 amide bonds. The van der Waals surface area contributed by atoms with E-state index in [2.05, 4.69) is 5.32 Å². The SMILES string of the molecule is Cc1cc(C)c(NC(=O)CN(C)C(=O)CN2c3cccc4cccc(c34)S2(=O)=O)c(C)c1. The first-order valence-electron chi connectivity index (χ1n) is 10.3.